The first-order valence-electron chi connectivity index (χ1n) is 7.46. The first kappa shape index (κ1) is 14.9. The first-order chi connectivity index (χ1) is 9.67. The van der Waals surface area contributed by atoms with Gasteiger partial charge in [-0.05, 0) is 44.9 Å². The summed E-state index contributed by atoms with van der Waals surface area (Å²) < 4.78 is 7.69. The van der Waals surface area contributed by atoms with E-state index in [1.165, 1.54) is 16.8 Å². The van der Waals surface area contributed by atoms with Crippen molar-refractivity contribution in [2.75, 3.05) is 6.54 Å². The van der Waals surface area contributed by atoms with Crippen LogP contribution in [0.1, 0.15) is 48.5 Å². The highest BCUT2D eigenvalue weighted by Crippen LogP contribution is 2.17. The molecule has 2 rings (SSSR count). The molecule has 4 heteroatoms. The lowest BCUT2D eigenvalue weighted by atomic mass is 10.1. The Labute approximate surface area is 121 Å². The van der Waals surface area contributed by atoms with Gasteiger partial charge in [-0.3, -0.25) is 4.68 Å². The van der Waals surface area contributed by atoms with Crippen LogP contribution in [0.15, 0.2) is 16.7 Å². The van der Waals surface area contributed by atoms with Gasteiger partial charge in [0, 0.05) is 17.8 Å². The molecular formula is C16H25N3O. The Morgan fingerprint density at radius 2 is 2.10 bits per heavy atom. The number of aromatic nitrogens is 2. The lowest BCUT2D eigenvalue weighted by molar-refractivity contribution is 0.468. The molecule has 0 aliphatic carbocycles. The van der Waals surface area contributed by atoms with Gasteiger partial charge in [-0.1, -0.05) is 13.8 Å². The van der Waals surface area contributed by atoms with Crippen molar-refractivity contribution in [3.63, 3.8) is 0 Å². The molecule has 0 aromatic carbocycles. The molecule has 0 saturated carbocycles. The minimum absolute atomic E-state index is 0.711. The number of aryl methyl sites for hydroxylation is 1. The van der Waals surface area contributed by atoms with E-state index in [0.29, 0.717) is 6.54 Å². The van der Waals surface area contributed by atoms with E-state index >= 15 is 0 Å². The van der Waals surface area contributed by atoms with E-state index < -0.39 is 0 Å². The van der Waals surface area contributed by atoms with Crippen LogP contribution in [-0.2, 0) is 19.5 Å². The van der Waals surface area contributed by atoms with E-state index in [1.54, 1.807) is 6.26 Å². The molecule has 2 aromatic rings. The summed E-state index contributed by atoms with van der Waals surface area (Å²) in [4.78, 5) is 0. The summed E-state index contributed by atoms with van der Waals surface area (Å²) in [5.41, 5.74) is 4.95. The Kier molecular flexibility index (Phi) is 5.01. The molecule has 0 aliphatic heterocycles. The smallest absolute Gasteiger partial charge is 0.129 e. The van der Waals surface area contributed by atoms with Crippen molar-refractivity contribution in [2.24, 2.45) is 0 Å². The lowest BCUT2D eigenvalue weighted by Gasteiger charge is -2.06. The fourth-order valence-electron chi connectivity index (χ4n) is 2.60. The monoisotopic (exact) mass is 275 g/mol. The Balaban J connectivity index is 2.12. The van der Waals surface area contributed by atoms with Gasteiger partial charge >= 0.3 is 0 Å². The van der Waals surface area contributed by atoms with Gasteiger partial charge in [0.15, 0.2) is 0 Å². The van der Waals surface area contributed by atoms with Crippen molar-refractivity contribution in [2.45, 2.75) is 53.6 Å². The maximum atomic E-state index is 5.64. The van der Waals surface area contributed by atoms with Gasteiger partial charge in [-0.2, -0.15) is 5.10 Å². The van der Waals surface area contributed by atoms with Gasteiger partial charge < -0.3 is 9.73 Å². The predicted molar refractivity (Wildman–Crippen MR) is 80.9 cm³/mol. The van der Waals surface area contributed by atoms with Crippen LogP contribution in [0.5, 0.6) is 0 Å². The van der Waals surface area contributed by atoms with Crippen LogP contribution in [0, 0.1) is 13.8 Å². The Morgan fingerprint density at radius 3 is 2.75 bits per heavy atom. The molecule has 4 nitrogen and oxygen atoms in total. The number of rotatable bonds is 7. The highest BCUT2D eigenvalue weighted by Gasteiger charge is 2.13. The maximum absolute atomic E-state index is 5.64. The molecule has 20 heavy (non-hydrogen) atoms. The highest BCUT2D eigenvalue weighted by atomic mass is 16.3. The van der Waals surface area contributed by atoms with E-state index in [0.717, 1.165) is 37.4 Å². The second-order valence-corrected chi connectivity index (χ2v) is 5.21. The largest absolute Gasteiger partial charge is 0.467 e. The summed E-state index contributed by atoms with van der Waals surface area (Å²) in [5, 5.41) is 8.05. The predicted octanol–water partition coefficient (Wildman–Crippen LogP) is 3.20. The minimum Gasteiger partial charge on any atom is -0.467 e. The molecule has 0 aliphatic rings. The molecule has 0 saturated heterocycles. The van der Waals surface area contributed by atoms with Gasteiger partial charge in [0.2, 0.25) is 0 Å². The van der Waals surface area contributed by atoms with Crippen molar-refractivity contribution >= 4 is 0 Å². The number of hydrogen-bond donors (Lipinski definition) is 1. The summed E-state index contributed by atoms with van der Waals surface area (Å²) >= 11 is 0. The van der Waals surface area contributed by atoms with Crippen molar-refractivity contribution in [1.29, 1.82) is 0 Å². The second kappa shape index (κ2) is 6.75. The number of nitrogens with one attached hydrogen (secondary N) is 1. The zero-order valence-electron chi connectivity index (χ0n) is 13.0. The maximum Gasteiger partial charge on any atom is 0.129 e. The molecule has 2 aromatic heterocycles. The third kappa shape index (κ3) is 3.12. The summed E-state index contributed by atoms with van der Waals surface area (Å²) in [7, 11) is 0. The molecule has 1 N–H and O–H groups in total. The Hall–Kier alpha value is -1.55. The van der Waals surface area contributed by atoms with Gasteiger partial charge in [0.25, 0.3) is 0 Å². The lowest BCUT2D eigenvalue weighted by Crippen LogP contribution is -2.15. The molecule has 0 spiro atoms. The van der Waals surface area contributed by atoms with Crippen molar-refractivity contribution in [3.05, 3.63) is 40.6 Å². The average Bonchev–Trinajstić information content (AvgIpc) is 2.96. The summed E-state index contributed by atoms with van der Waals surface area (Å²) in [5.74, 6) is 1.00. The zero-order chi connectivity index (χ0) is 14.5. The van der Waals surface area contributed by atoms with Crippen LogP contribution in [0.25, 0.3) is 0 Å². The first-order valence-corrected chi connectivity index (χ1v) is 7.46. The fourth-order valence-corrected chi connectivity index (χ4v) is 2.60. The summed E-state index contributed by atoms with van der Waals surface area (Å²) in [6.07, 6.45) is 3.94. The van der Waals surface area contributed by atoms with Gasteiger partial charge in [-0.25, -0.2) is 0 Å². The Morgan fingerprint density at radius 1 is 1.30 bits per heavy atom. The van der Waals surface area contributed by atoms with Crippen LogP contribution >= 0.6 is 0 Å². The molecule has 2 heterocycles. The van der Waals surface area contributed by atoms with E-state index in [1.807, 2.05) is 6.07 Å². The van der Waals surface area contributed by atoms with Gasteiger partial charge in [-0.15, -0.1) is 0 Å². The summed E-state index contributed by atoms with van der Waals surface area (Å²) in [6.45, 7) is 11.2. The Bertz CT molecular complexity index is 554. The third-order valence-corrected chi connectivity index (χ3v) is 3.76. The second-order valence-electron chi connectivity index (χ2n) is 5.21. The minimum atomic E-state index is 0.711. The third-order valence-electron chi connectivity index (χ3n) is 3.76. The highest BCUT2D eigenvalue weighted by molar-refractivity contribution is 5.25. The van der Waals surface area contributed by atoms with Crippen LogP contribution in [0.3, 0.4) is 0 Å². The molecule has 0 atom stereocenters. The standard InChI is InChI=1S/C16H25N3O/c1-5-8-17-10-14-7-9-20-16(14)11-19-13(4)15(6-2)12(3)18-19/h7,9,17H,5-6,8,10-11H2,1-4H3. The van der Waals surface area contributed by atoms with E-state index in [9.17, 15) is 0 Å². The van der Waals surface area contributed by atoms with Crippen molar-refractivity contribution in [3.8, 4) is 0 Å². The normalized spacial score (nSPS) is 11.2. The van der Waals surface area contributed by atoms with Crippen molar-refractivity contribution < 1.29 is 4.42 Å². The van der Waals surface area contributed by atoms with E-state index in [2.05, 4.69) is 42.8 Å². The fraction of sp³-hybridized carbons (Fsp3) is 0.562. The van der Waals surface area contributed by atoms with Gasteiger partial charge in [0.1, 0.15) is 5.76 Å². The van der Waals surface area contributed by atoms with E-state index in [-0.39, 0.29) is 0 Å². The van der Waals surface area contributed by atoms with Crippen LogP contribution in [-0.4, -0.2) is 16.3 Å². The topological polar surface area (TPSA) is 43.0 Å². The molecule has 0 unspecified atom stereocenters. The van der Waals surface area contributed by atoms with Crippen molar-refractivity contribution in [1.82, 2.24) is 15.1 Å². The van der Waals surface area contributed by atoms with E-state index in [4.69, 9.17) is 4.42 Å². The molecule has 110 valence electrons. The van der Waals surface area contributed by atoms with Crippen LogP contribution < -0.4 is 5.32 Å². The number of hydrogen-bond acceptors (Lipinski definition) is 3. The number of furan rings is 1. The number of nitrogens with zero attached hydrogens (tertiary/aromatic N) is 2. The van der Waals surface area contributed by atoms with Crippen LogP contribution in [0.2, 0.25) is 0 Å². The quantitative estimate of drug-likeness (QED) is 0.789. The SMILES string of the molecule is CCCNCc1ccoc1Cn1nc(C)c(CC)c1C. The van der Waals surface area contributed by atoms with Crippen LogP contribution in [0.4, 0.5) is 0 Å². The van der Waals surface area contributed by atoms with Gasteiger partial charge in [0.05, 0.1) is 18.5 Å². The molecule has 0 bridgehead atoms. The summed E-state index contributed by atoms with van der Waals surface area (Å²) in [6, 6.07) is 2.05. The zero-order valence-corrected chi connectivity index (χ0v) is 13.0. The average molecular weight is 275 g/mol. The molecule has 0 radical (unpaired) electrons. The molecule has 0 amide bonds. The molecular weight excluding hydrogens is 250 g/mol. The molecule has 0 fully saturated rings.